The van der Waals surface area contributed by atoms with Crippen LogP contribution in [0, 0.1) is 0 Å². The average molecular weight is 227 g/mol. The summed E-state index contributed by atoms with van der Waals surface area (Å²) in [5.74, 6) is 0.464. The molecular formula is C10H17N3O3. The van der Waals surface area contributed by atoms with Crippen molar-refractivity contribution < 1.29 is 14.3 Å². The molecular weight excluding hydrogens is 210 g/mol. The van der Waals surface area contributed by atoms with Crippen LogP contribution < -0.4 is 5.32 Å². The number of methoxy groups -OCH3 is 1. The molecule has 1 saturated carbocycles. The number of amides is 1. The molecule has 0 heterocycles. The highest BCUT2D eigenvalue weighted by Crippen LogP contribution is 2.23. The van der Waals surface area contributed by atoms with E-state index < -0.39 is 0 Å². The minimum atomic E-state index is 0.237. The Labute approximate surface area is 94.9 Å². The normalized spacial score (nSPS) is 15.4. The van der Waals surface area contributed by atoms with Crippen LogP contribution in [-0.4, -0.2) is 43.8 Å². The average Bonchev–Trinajstić information content (AvgIpc) is 3.09. The number of hydrogen-bond donors (Lipinski definition) is 1. The lowest BCUT2D eigenvalue weighted by Crippen LogP contribution is -2.27. The molecule has 0 unspecified atom stereocenters. The molecule has 1 amide bonds. The first-order valence-corrected chi connectivity index (χ1v) is 5.09. The van der Waals surface area contributed by atoms with E-state index in [4.69, 9.17) is 9.47 Å². The van der Waals surface area contributed by atoms with Crippen molar-refractivity contribution in [2.75, 3.05) is 20.4 Å². The molecule has 0 aromatic heterocycles. The van der Waals surface area contributed by atoms with Crippen molar-refractivity contribution in [2.24, 2.45) is 5.10 Å². The molecule has 90 valence electrons. The van der Waals surface area contributed by atoms with Crippen LogP contribution in [0.5, 0.6) is 0 Å². The zero-order valence-electron chi connectivity index (χ0n) is 9.39. The van der Waals surface area contributed by atoms with Gasteiger partial charge in [-0.05, 0) is 12.8 Å². The standard InChI is InChI=1S/C10H17N3O3/c1-3-13(8-15-2)12-10(6-11-7-14)16-9-4-5-9/h3,7,9H,1,4-6,8H2,2H3,(H,11,14)/b12-10+. The molecule has 0 bridgehead atoms. The van der Waals surface area contributed by atoms with E-state index in [0.29, 0.717) is 19.0 Å². The summed E-state index contributed by atoms with van der Waals surface area (Å²) in [5.41, 5.74) is 0. The van der Waals surface area contributed by atoms with Crippen molar-refractivity contribution in [3.63, 3.8) is 0 Å². The van der Waals surface area contributed by atoms with Gasteiger partial charge in [-0.1, -0.05) is 6.58 Å². The smallest absolute Gasteiger partial charge is 0.226 e. The minimum absolute atomic E-state index is 0.237. The van der Waals surface area contributed by atoms with E-state index in [-0.39, 0.29) is 12.6 Å². The third-order valence-electron chi connectivity index (χ3n) is 1.88. The first kappa shape index (κ1) is 12.5. The highest BCUT2D eigenvalue weighted by Gasteiger charge is 2.25. The Morgan fingerprint density at radius 3 is 2.94 bits per heavy atom. The molecule has 0 aromatic rings. The topological polar surface area (TPSA) is 63.2 Å². The maximum atomic E-state index is 10.2. The van der Waals surface area contributed by atoms with Crippen LogP contribution in [0.15, 0.2) is 17.9 Å². The molecule has 0 aromatic carbocycles. The van der Waals surface area contributed by atoms with Gasteiger partial charge in [0.2, 0.25) is 12.3 Å². The number of carbonyl (C=O) groups is 1. The van der Waals surface area contributed by atoms with Gasteiger partial charge in [0.25, 0.3) is 0 Å². The molecule has 1 aliphatic rings. The van der Waals surface area contributed by atoms with Gasteiger partial charge in [0.15, 0.2) is 0 Å². The summed E-state index contributed by atoms with van der Waals surface area (Å²) in [4.78, 5) is 10.2. The largest absolute Gasteiger partial charge is 0.475 e. The summed E-state index contributed by atoms with van der Waals surface area (Å²) < 4.78 is 10.4. The predicted molar refractivity (Wildman–Crippen MR) is 59.5 cm³/mol. The van der Waals surface area contributed by atoms with Crippen molar-refractivity contribution in [3.8, 4) is 0 Å². The molecule has 1 rings (SSSR count). The van der Waals surface area contributed by atoms with E-state index >= 15 is 0 Å². The number of hydrazone groups is 1. The molecule has 16 heavy (non-hydrogen) atoms. The molecule has 0 aliphatic heterocycles. The van der Waals surface area contributed by atoms with E-state index in [1.165, 1.54) is 11.2 Å². The van der Waals surface area contributed by atoms with Crippen molar-refractivity contribution in [1.82, 2.24) is 10.3 Å². The van der Waals surface area contributed by atoms with E-state index in [1.807, 2.05) is 0 Å². The van der Waals surface area contributed by atoms with Gasteiger partial charge in [-0.2, -0.15) is 0 Å². The molecule has 0 radical (unpaired) electrons. The Hall–Kier alpha value is -1.56. The highest BCUT2D eigenvalue weighted by molar-refractivity contribution is 5.80. The van der Waals surface area contributed by atoms with Gasteiger partial charge in [-0.25, -0.2) is 5.01 Å². The number of rotatable bonds is 8. The molecule has 6 heteroatoms. The number of nitrogens with zero attached hydrogens (tertiary/aromatic N) is 2. The first-order chi connectivity index (χ1) is 7.80. The number of carbonyl (C=O) groups excluding carboxylic acids is 1. The lowest BCUT2D eigenvalue weighted by Gasteiger charge is -2.15. The fraction of sp³-hybridized carbons (Fsp3) is 0.600. The zero-order chi connectivity index (χ0) is 11.8. The second kappa shape index (κ2) is 6.84. The second-order valence-corrected chi connectivity index (χ2v) is 3.35. The second-order valence-electron chi connectivity index (χ2n) is 3.35. The van der Waals surface area contributed by atoms with Gasteiger partial charge in [-0.3, -0.25) is 4.79 Å². The van der Waals surface area contributed by atoms with Crippen molar-refractivity contribution in [3.05, 3.63) is 12.8 Å². The van der Waals surface area contributed by atoms with Gasteiger partial charge in [0.1, 0.15) is 12.8 Å². The Morgan fingerprint density at radius 2 is 2.44 bits per heavy atom. The van der Waals surface area contributed by atoms with Crippen LogP contribution in [0.4, 0.5) is 0 Å². The third-order valence-corrected chi connectivity index (χ3v) is 1.88. The minimum Gasteiger partial charge on any atom is -0.475 e. The molecule has 1 N–H and O–H groups in total. The zero-order valence-corrected chi connectivity index (χ0v) is 9.39. The maximum absolute atomic E-state index is 10.2. The summed E-state index contributed by atoms with van der Waals surface area (Å²) in [7, 11) is 1.57. The number of hydrogen-bond acceptors (Lipinski definition) is 5. The molecule has 6 nitrogen and oxygen atoms in total. The Balaban J connectivity index is 2.51. The van der Waals surface area contributed by atoms with Gasteiger partial charge < -0.3 is 14.8 Å². The summed E-state index contributed by atoms with van der Waals surface area (Å²) in [6, 6.07) is 0. The van der Waals surface area contributed by atoms with E-state index in [2.05, 4.69) is 17.0 Å². The van der Waals surface area contributed by atoms with E-state index in [0.717, 1.165) is 12.8 Å². The van der Waals surface area contributed by atoms with Crippen LogP contribution in [0.2, 0.25) is 0 Å². The fourth-order valence-corrected chi connectivity index (χ4v) is 1.01. The molecule has 0 saturated heterocycles. The Kier molecular flexibility index (Phi) is 5.35. The molecule has 1 aliphatic carbocycles. The van der Waals surface area contributed by atoms with Gasteiger partial charge in [0.05, 0.1) is 6.54 Å². The van der Waals surface area contributed by atoms with E-state index in [1.54, 1.807) is 7.11 Å². The monoisotopic (exact) mass is 227 g/mol. The summed E-state index contributed by atoms with van der Waals surface area (Å²) in [6.07, 6.45) is 4.46. The summed E-state index contributed by atoms with van der Waals surface area (Å²) in [6.45, 7) is 4.17. The Bertz CT molecular complexity index is 264. The SMILES string of the molecule is C=CN(COC)/N=C(\CNC=O)OC1CC1. The van der Waals surface area contributed by atoms with Crippen LogP contribution in [0.25, 0.3) is 0 Å². The first-order valence-electron chi connectivity index (χ1n) is 5.09. The summed E-state index contributed by atoms with van der Waals surface area (Å²) >= 11 is 0. The molecule has 1 fully saturated rings. The van der Waals surface area contributed by atoms with Crippen molar-refractivity contribution >= 4 is 12.3 Å². The van der Waals surface area contributed by atoms with Crippen molar-refractivity contribution in [1.29, 1.82) is 0 Å². The highest BCUT2D eigenvalue weighted by atomic mass is 16.5. The van der Waals surface area contributed by atoms with Gasteiger partial charge in [0, 0.05) is 13.3 Å². The van der Waals surface area contributed by atoms with Gasteiger partial charge in [-0.15, -0.1) is 5.10 Å². The van der Waals surface area contributed by atoms with E-state index in [9.17, 15) is 4.79 Å². The van der Waals surface area contributed by atoms with Crippen LogP contribution in [0.1, 0.15) is 12.8 Å². The lowest BCUT2D eigenvalue weighted by molar-refractivity contribution is -0.109. The Morgan fingerprint density at radius 1 is 1.69 bits per heavy atom. The fourth-order valence-electron chi connectivity index (χ4n) is 1.01. The van der Waals surface area contributed by atoms with Crippen LogP contribution >= 0.6 is 0 Å². The lowest BCUT2D eigenvalue weighted by atomic mass is 10.6. The molecule has 0 spiro atoms. The maximum Gasteiger partial charge on any atom is 0.226 e. The van der Waals surface area contributed by atoms with Crippen LogP contribution in [0.3, 0.4) is 0 Å². The quantitative estimate of drug-likeness (QED) is 0.213. The number of nitrogens with one attached hydrogen (secondary N) is 1. The summed E-state index contributed by atoms with van der Waals surface area (Å²) in [5, 5.41) is 8.18. The molecule has 0 atom stereocenters. The van der Waals surface area contributed by atoms with Gasteiger partial charge >= 0.3 is 0 Å². The predicted octanol–water partition coefficient (Wildman–Crippen LogP) is 0.274. The third kappa shape index (κ3) is 4.79. The van der Waals surface area contributed by atoms with Crippen molar-refractivity contribution in [2.45, 2.75) is 18.9 Å². The van der Waals surface area contributed by atoms with Crippen LogP contribution in [-0.2, 0) is 14.3 Å². The number of ether oxygens (including phenoxy) is 2.